The van der Waals surface area contributed by atoms with Crippen LogP contribution in [0.5, 0.6) is 0 Å². The van der Waals surface area contributed by atoms with Gasteiger partial charge in [0.05, 0.1) is 6.61 Å². The van der Waals surface area contributed by atoms with Gasteiger partial charge in [0.15, 0.2) is 0 Å². The number of benzene rings is 1. The Kier molecular flexibility index (Phi) is 6.74. The predicted octanol–water partition coefficient (Wildman–Crippen LogP) is 3.99. The Hall–Kier alpha value is -1.35. The molecule has 0 heterocycles. The Morgan fingerprint density at radius 1 is 1.14 bits per heavy atom. The van der Waals surface area contributed by atoms with Gasteiger partial charge in [-0.2, -0.15) is 0 Å². The monoisotopic (exact) mass is 289 g/mol. The number of ether oxygens (including phenoxy) is 1. The minimum Gasteiger partial charge on any atom is -0.465 e. The highest BCUT2D eigenvalue weighted by Crippen LogP contribution is 2.22. The molecule has 1 aromatic rings. The van der Waals surface area contributed by atoms with Crippen molar-refractivity contribution in [2.24, 2.45) is 0 Å². The van der Waals surface area contributed by atoms with E-state index in [2.05, 4.69) is 5.32 Å². The molecule has 21 heavy (non-hydrogen) atoms. The van der Waals surface area contributed by atoms with Gasteiger partial charge in [0, 0.05) is 6.04 Å². The molecule has 0 saturated heterocycles. The summed E-state index contributed by atoms with van der Waals surface area (Å²) in [7, 11) is 0. The van der Waals surface area contributed by atoms with E-state index in [-0.39, 0.29) is 12.0 Å². The van der Waals surface area contributed by atoms with Gasteiger partial charge < -0.3 is 4.74 Å². The van der Waals surface area contributed by atoms with Crippen molar-refractivity contribution in [3.63, 3.8) is 0 Å². The van der Waals surface area contributed by atoms with E-state index in [9.17, 15) is 4.79 Å². The molecule has 1 aliphatic carbocycles. The maximum absolute atomic E-state index is 12.3. The average Bonchev–Trinajstić information content (AvgIpc) is 2.47. The lowest BCUT2D eigenvalue weighted by Gasteiger charge is -2.26. The van der Waals surface area contributed by atoms with Gasteiger partial charge in [-0.15, -0.1) is 0 Å². The molecule has 0 spiro atoms. The van der Waals surface area contributed by atoms with E-state index in [1.165, 1.54) is 32.1 Å². The Morgan fingerprint density at radius 3 is 2.38 bits per heavy atom. The van der Waals surface area contributed by atoms with Crippen LogP contribution in [-0.4, -0.2) is 18.6 Å². The van der Waals surface area contributed by atoms with Gasteiger partial charge >= 0.3 is 5.97 Å². The van der Waals surface area contributed by atoms with E-state index in [0.29, 0.717) is 12.6 Å². The molecule has 0 amide bonds. The summed E-state index contributed by atoms with van der Waals surface area (Å²) in [6.07, 6.45) is 8.80. The van der Waals surface area contributed by atoms with Crippen molar-refractivity contribution in [3.05, 3.63) is 35.9 Å². The first kappa shape index (κ1) is 16.0. The summed E-state index contributed by atoms with van der Waals surface area (Å²) in [6, 6.07) is 10.00. The largest absolute Gasteiger partial charge is 0.465 e. The van der Waals surface area contributed by atoms with Crippen molar-refractivity contribution in [2.75, 3.05) is 6.61 Å². The molecule has 116 valence electrons. The van der Waals surface area contributed by atoms with Crippen LogP contribution >= 0.6 is 0 Å². The number of esters is 1. The number of rotatable bonds is 5. The smallest absolute Gasteiger partial charge is 0.327 e. The molecule has 1 aliphatic rings. The fourth-order valence-corrected chi connectivity index (χ4v) is 3.03. The lowest BCUT2D eigenvalue weighted by Crippen LogP contribution is -2.38. The predicted molar refractivity (Wildman–Crippen MR) is 85.1 cm³/mol. The summed E-state index contributed by atoms with van der Waals surface area (Å²) in [5.41, 5.74) is 0.998. The van der Waals surface area contributed by atoms with Gasteiger partial charge in [0.25, 0.3) is 0 Å². The van der Waals surface area contributed by atoms with Crippen LogP contribution in [0.1, 0.15) is 63.5 Å². The van der Waals surface area contributed by atoms with Gasteiger partial charge in [-0.25, -0.2) is 4.79 Å². The van der Waals surface area contributed by atoms with Crippen molar-refractivity contribution >= 4 is 5.97 Å². The molecule has 1 atom stereocenters. The van der Waals surface area contributed by atoms with Crippen molar-refractivity contribution in [3.8, 4) is 0 Å². The molecule has 2 rings (SSSR count). The van der Waals surface area contributed by atoms with E-state index >= 15 is 0 Å². The van der Waals surface area contributed by atoms with E-state index < -0.39 is 0 Å². The number of carbonyl (C=O) groups is 1. The van der Waals surface area contributed by atoms with Crippen molar-refractivity contribution in [1.29, 1.82) is 0 Å². The zero-order chi connectivity index (χ0) is 14.9. The van der Waals surface area contributed by atoms with Crippen LogP contribution in [0.2, 0.25) is 0 Å². The fourth-order valence-electron chi connectivity index (χ4n) is 3.03. The quantitative estimate of drug-likeness (QED) is 0.833. The normalized spacial score (nSPS) is 18.5. The number of carbonyl (C=O) groups excluding carboxylic acids is 1. The van der Waals surface area contributed by atoms with Gasteiger partial charge in [-0.1, -0.05) is 62.4 Å². The topological polar surface area (TPSA) is 38.3 Å². The van der Waals surface area contributed by atoms with Crippen molar-refractivity contribution in [1.82, 2.24) is 5.32 Å². The van der Waals surface area contributed by atoms with Crippen LogP contribution in [0, 0.1) is 0 Å². The number of hydrogen-bond acceptors (Lipinski definition) is 3. The minimum atomic E-state index is -0.337. The third kappa shape index (κ3) is 5.16. The highest BCUT2D eigenvalue weighted by atomic mass is 16.5. The first-order valence-electron chi connectivity index (χ1n) is 8.29. The number of hydrogen-bond donors (Lipinski definition) is 1. The molecular formula is C18H27NO2. The van der Waals surface area contributed by atoms with Crippen LogP contribution in [0.4, 0.5) is 0 Å². The van der Waals surface area contributed by atoms with Crippen molar-refractivity contribution < 1.29 is 9.53 Å². The molecule has 0 radical (unpaired) electrons. The Labute approximate surface area is 128 Å². The maximum atomic E-state index is 12.3. The SMILES string of the molecule is CCOC(=O)C(NC1CCCCCCC1)c1ccccc1. The molecule has 0 aromatic heterocycles. The van der Waals surface area contributed by atoms with Crippen LogP contribution in [0.3, 0.4) is 0 Å². The fraction of sp³-hybridized carbons (Fsp3) is 0.611. The highest BCUT2D eigenvalue weighted by Gasteiger charge is 2.25. The second kappa shape index (κ2) is 8.83. The van der Waals surface area contributed by atoms with Crippen molar-refractivity contribution in [2.45, 2.75) is 64.0 Å². The zero-order valence-electron chi connectivity index (χ0n) is 13.0. The standard InChI is InChI=1S/C18H27NO2/c1-2-21-18(20)17(15-11-7-6-8-12-15)19-16-13-9-4-3-5-10-14-16/h6-8,11-12,16-17,19H,2-5,9-10,13-14H2,1H3. The lowest BCUT2D eigenvalue weighted by atomic mass is 9.95. The molecule has 1 unspecified atom stereocenters. The van der Waals surface area contributed by atoms with E-state index in [4.69, 9.17) is 4.74 Å². The molecular weight excluding hydrogens is 262 g/mol. The zero-order valence-corrected chi connectivity index (χ0v) is 13.0. The lowest BCUT2D eigenvalue weighted by molar-refractivity contribution is -0.146. The Bertz CT molecular complexity index is 410. The molecule has 0 bridgehead atoms. The average molecular weight is 289 g/mol. The van der Waals surface area contributed by atoms with Gasteiger partial charge in [-0.3, -0.25) is 5.32 Å². The van der Waals surface area contributed by atoms with E-state index in [1.54, 1.807) is 0 Å². The highest BCUT2D eigenvalue weighted by molar-refractivity contribution is 5.77. The summed E-state index contributed by atoms with van der Waals surface area (Å²) in [4.78, 5) is 12.3. The second-order valence-corrected chi connectivity index (χ2v) is 5.80. The Morgan fingerprint density at radius 2 is 1.76 bits per heavy atom. The first-order chi connectivity index (χ1) is 10.3. The van der Waals surface area contributed by atoms with Crippen LogP contribution in [-0.2, 0) is 9.53 Å². The summed E-state index contributed by atoms with van der Waals surface area (Å²) in [5.74, 6) is -0.161. The van der Waals surface area contributed by atoms with E-state index in [1.807, 2.05) is 37.3 Å². The third-order valence-electron chi connectivity index (χ3n) is 4.16. The molecule has 1 N–H and O–H groups in total. The summed E-state index contributed by atoms with van der Waals surface area (Å²) in [6.45, 7) is 2.28. The van der Waals surface area contributed by atoms with Crippen LogP contribution < -0.4 is 5.32 Å². The Balaban J connectivity index is 2.05. The van der Waals surface area contributed by atoms with Gasteiger partial charge in [0.1, 0.15) is 6.04 Å². The molecule has 0 aliphatic heterocycles. The molecule has 1 saturated carbocycles. The number of nitrogens with one attached hydrogen (secondary N) is 1. The summed E-state index contributed by atoms with van der Waals surface area (Å²) < 4.78 is 5.25. The summed E-state index contributed by atoms with van der Waals surface area (Å²) >= 11 is 0. The van der Waals surface area contributed by atoms with E-state index in [0.717, 1.165) is 18.4 Å². The van der Waals surface area contributed by atoms with Gasteiger partial charge in [0.2, 0.25) is 0 Å². The molecule has 1 fully saturated rings. The third-order valence-corrected chi connectivity index (χ3v) is 4.16. The van der Waals surface area contributed by atoms with Crippen LogP contribution in [0.25, 0.3) is 0 Å². The molecule has 3 heteroatoms. The summed E-state index contributed by atoms with van der Waals surface area (Å²) in [5, 5.41) is 3.55. The minimum absolute atomic E-state index is 0.161. The molecule has 1 aromatic carbocycles. The second-order valence-electron chi connectivity index (χ2n) is 5.80. The van der Waals surface area contributed by atoms with Crippen LogP contribution in [0.15, 0.2) is 30.3 Å². The molecule has 3 nitrogen and oxygen atoms in total. The maximum Gasteiger partial charge on any atom is 0.327 e. The first-order valence-corrected chi connectivity index (χ1v) is 8.29. The van der Waals surface area contributed by atoms with Gasteiger partial charge in [-0.05, 0) is 25.3 Å².